The van der Waals surface area contributed by atoms with E-state index in [0.29, 0.717) is 48.3 Å². The van der Waals surface area contributed by atoms with Crippen LogP contribution < -0.4 is 15.0 Å². The van der Waals surface area contributed by atoms with Gasteiger partial charge < -0.3 is 14.4 Å². The van der Waals surface area contributed by atoms with Gasteiger partial charge in [-0.25, -0.2) is 9.67 Å². The second kappa shape index (κ2) is 10.2. The minimum Gasteiger partial charge on any atom is -0.493 e. The van der Waals surface area contributed by atoms with E-state index in [1.165, 1.54) is 25.1 Å². The molecule has 34 heavy (non-hydrogen) atoms. The molecule has 0 aliphatic rings. The van der Waals surface area contributed by atoms with Crippen LogP contribution in [0.1, 0.15) is 18.4 Å². The Kier molecular flexibility index (Phi) is 6.91. The van der Waals surface area contributed by atoms with Crippen molar-refractivity contribution in [2.45, 2.75) is 25.9 Å². The molecule has 176 valence electrons. The zero-order valence-electron chi connectivity index (χ0n) is 19.5. The zero-order chi connectivity index (χ0) is 24.1. The molecule has 0 saturated heterocycles. The van der Waals surface area contributed by atoms with Gasteiger partial charge in [-0.3, -0.25) is 14.2 Å². The monoisotopic (exact) mass is 461 g/mol. The highest BCUT2D eigenvalue weighted by molar-refractivity contribution is 5.81. The molecule has 4 rings (SSSR count). The van der Waals surface area contributed by atoms with Gasteiger partial charge in [0.05, 0.1) is 43.3 Å². The number of aryl methyl sites for hydroxylation is 1. The van der Waals surface area contributed by atoms with E-state index in [9.17, 15) is 9.59 Å². The zero-order valence-corrected chi connectivity index (χ0v) is 19.5. The summed E-state index contributed by atoms with van der Waals surface area (Å²) in [5, 5.41) is 4.82. The van der Waals surface area contributed by atoms with Gasteiger partial charge >= 0.3 is 0 Å². The first-order chi connectivity index (χ1) is 16.5. The molecule has 0 bridgehead atoms. The third-order valence-corrected chi connectivity index (χ3v) is 5.62. The summed E-state index contributed by atoms with van der Waals surface area (Å²) < 4.78 is 13.9. The Morgan fingerprint density at radius 3 is 2.56 bits per heavy atom. The minimum absolute atomic E-state index is 0.000615. The van der Waals surface area contributed by atoms with E-state index in [4.69, 9.17) is 9.47 Å². The number of amides is 1. The van der Waals surface area contributed by atoms with Crippen molar-refractivity contribution in [3.05, 3.63) is 77.1 Å². The number of methoxy groups -OCH3 is 2. The molecule has 0 saturated carbocycles. The fraction of sp³-hybridized carbons (Fsp3) is 0.280. The number of rotatable bonds is 9. The number of para-hydroxylation sites is 1. The molecule has 0 N–H and O–H groups in total. The van der Waals surface area contributed by atoms with Crippen molar-refractivity contribution in [3.8, 4) is 17.2 Å². The molecule has 9 heteroatoms. The first kappa shape index (κ1) is 23.0. The lowest BCUT2D eigenvalue weighted by molar-refractivity contribution is -0.130. The number of aromatic nitrogens is 4. The molecule has 0 fully saturated rings. The van der Waals surface area contributed by atoms with Gasteiger partial charge in [-0.2, -0.15) is 5.10 Å². The van der Waals surface area contributed by atoms with Crippen molar-refractivity contribution in [1.82, 2.24) is 24.2 Å². The third-order valence-electron chi connectivity index (χ3n) is 5.62. The quantitative estimate of drug-likeness (QED) is 0.381. The standard InChI is InChI=1S/C25H27N5O4/c1-28(15-18-14-27-30(16-18)19-8-5-4-6-9-19)24(31)10-7-11-29-17-26-21-13-23(34-3)22(33-2)12-20(21)25(29)32/h4-6,8-9,12-14,16-17H,7,10-11,15H2,1-3H3. The van der Waals surface area contributed by atoms with E-state index in [1.807, 2.05) is 36.5 Å². The highest BCUT2D eigenvalue weighted by Crippen LogP contribution is 2.29. The van der Waals surface area contributed by atoms with E-state index in [2.05, 4.69) is 10.1 Å². The lowest BCUT2D eigenvalue weighted by Gasteiger charge is -2.16. The molecule has 0 spiro atoms. The fourth-order valence-corrected chi connectivity index (χ4v) is 3.76. The number of carbonyl (C=O) groups is 1. The second-order valence-electron chi connectivity index (χ2n) is 7.95. The summed E-state index contributed by atoms with van der Waals surface area (Å²) >= 11 is 0. The van der Waals surface area contributed by atoms with Gasteiger partial charge in [0.25, 0.3) is 5.56 Å². The Morgan fingerprint density at radius 1 is 1.09 bits per heavy atom. The predicted molar refractivity (Wildman–Crippen MR) is 128 cm³/mol. The summed E-state index contributed by atoms with van der Waals surface area (Å²) in [4.78, 5) is 31.6. The first-order valence-electron chi connectivity index (χ1n) is 10.9. The van der Waals surface area contributed by atoms with E-state index in [-0.39, 0.29) is 11.5 Å². The highest BCUT2D eigenvalue weighted by Gasteiger charge is 2.13. The van der Waals surface area contributed by atoms with Crippen molar-refractivity contribution in [2.75, 3.05) is 21.3 Å². The lowest BCUT2D eigenvalue weighted by Crippen LogP contribution is -2.27. The van der Waals surface area contributed by atoms with Gasteiger partial charge in [0.1, 0.15) is 0 Å². The molecule has 0 aliphatic heterocycles. The predicted octanol–water partition coefficient (Wildman–Crippen LogP) is 3.04. The smallest absolute Gasteiger partial charge is 0.261 e. The summed E-state index contributed by atoms with van der Waals surface area (Å²) in [6.45, 7) is 0.854. The number of hydrogen-bond acceptors (Lipinski definition) is 6. The van der Waals surface area contributed by atoms with E-state index in [1.54, 1.807) is 35.0 Å². The molecule has 2 aromatic carbocycles. The second-order valence-corrected chi connectivity index (χ2v) is 7.95. The number of hydrogen-bond donors (Lipinski definition) is 0. The Morgan fingerprint density at radius 2 is 1.82 bits per heavy atom. The van der Waals surface area contributed by atoms with Crippen molar-refractivity contribution in [2.24, 2.45) is 0 Å². The maximum atomic E-state index is 12.9. The van der Waals surface area contributed by atoms with Crippen LogP contribution in [0.5, 0.6) is 11.5 Å². The topological polar surface area (TPSA) is 91.5 Å². The molecule has 1 amide bonds. The molecule has 0 unspecified atom stereocenters. The van der Waals surface area contributed by atoms with Crippen molar-refractivity contribution in [3.63, 3.8) is 0 Å². The maximum absolute atomic E-state index is 12.9. The molecule has 2 heterocycles. The van der Waals surface area contributed by atoms with E-state index in [0.717, 1.165) is 11.3 Å². The van der Waals surface area contributed by atoms with Gasteiger partial charge in [-0.1, -0.05) is 18.2 Å². The van der Waals surface area contributed by atoms with Gasteiger partial charge in [0, 0.05) is 44.4 Å². The maximum Gasteiger partial charge on any atom is 0.261 e. The van der Waals surface area contributed by atoms with Crippen LogP contribution in [0.4, 0.5) is 0 Å². The van der Waals surface area contributed by atoms with Gasteiger partial charge in [0.2, 0.25) is 5.91 Å². The van der Waals surface area contributed by atoms with Crippen LogP contribution in [0.2, 0.25) is 0 Å². The van der Waals surface area contributed by atoms with E-state index < -0.39 is 0 Å². The molecule has 0 aliphatic carbocycles. The summed E-state index contributed by atoms with van der Waals surface area (Å²) in [6.07, 6.45) is 6.03. The van der Waals surface area contributed by atoms with Crippen molar-refractivity contribution >= 4 is 16.8 Å². The van der Waals surface area contributed by atoms with Gasteiger partial charge in [-0.15, -0.1) is 0 Å². The Balaban J connectivity index is 1.35. The molecular formula is C25H27N5O4. The molecule has 2 aromatic heterocycles. The molecule has 4 aromatic rings. The summed E-state index contributed by atoms with van der Waals surface area (Å²) in [5.41, 5.74) is 2.26. The Labute approximate surface area is 197 Å². The SMILES string of the molecule is COc1cc2ncn(CCCC(=O)N(C)Cc3cnn(-c4ccccc4)c3)c(=O)c2cc1OC. The van der Waals surface area contributed by atoms with Crippen LogP contribution in [0.3, 0.4) is 0 Å². The normalized spacial score (nSPS) is 10.9. The number of benzene rings is 2. The van der Waals surface area contributed by atoms with E-state index >= 15 is 0 Å². The average molecular weight is 462 g/mol. The summed E-state index contributed by atoms with van der Waals surface area (Å²) in [5.74, 6) is 0.988. The molecule has 9 nitrogen and oxygen atoms in total. The average Bonchev–Trinajstić information content (AvgIpc) is 3.33. The Bertz CT molecular complexity index is 1350. The number of fused-ring (bicyclic) bond motifs is 1. The first-order valence-corrected chi connectivity index (χ1v) is 10.9. The Hall–Kier alpha value is -4.14. The van der Waals surface area contributed by atoms with Crippen molar-refractivity contribution in [1.29, 1.82) is 0 Å². The molecular weight excluding hydrogens is 434 g/mol. The van der Waals surface area contributed by atoms with Crippen LogP contribution in [-0.2, 0) is 17.9 Å². The largest absolute Gasteiger partial charge is 0.493 e. The van der Waals surface area contributed by atoms with Crippen LogP contribution >= 0.6 is 0 Å². The van der Waals surface area contributed by atoms with Crippen molar-refractivity contribution < 1.29 is 14.3 Å². The van der Waals surface area contributed by atoms with Gasteiger partial charge in [-0.05, 0) is 24.6 Å². The van der Waals surface area contributed by atoms with Gasteiger partial charge in [0.15, 0.2) is 11.5 Å². The minimum atomic E-state index is -0.180. The summed E-state index contributed by atoms with van der Waals surface area (Å²) in [6, 6.07) is 13.1. The highest BCUT2D eigenvalue weighted by atomic mass is 16.5. The van der Waals surface area contributed by atoms with Crippen LogP contribution in [-0.4, -0.2) is 51.4 Å². The molecule has 0 atom stereocenters. The number of ether oxygens (including phenoxy) is 2. The lowest BCUT2D eigenvalue weighted by atomic mass is 10.2. The fourth-order valence-electron chi connectivity index (χ4n) is 3.76. The van der Waals surface area contributed by atoms with Crippen LogP contribution in [0, 0.1) is 0 Å². The molecule has 0 radical (unpaired) electrons. The third kappa shape index (κ3) is 4.93. The van der Waals surface area contributed by atoms with Crippen LogP contribution in [0.25, 0.3) is 16.6 Å². The number of nitrogens with zero attached hydrogens (tertiary/aromatic N) is 5. The number of carbonyl (C=O) groups excluding carboxylic acids is 1. The summed E-state index contributed by atoms with van der Waals surface area (Å²) in [7, 11) is 4.83. The van der Waals surface area contributed by atoms with Crippen LogP contribution in [0.15, 0.2) is 66.0 Å².